The molecule has 88 valence electrons. The van der Waals surface area contributed by atoms with E-state index >= 15 is 0 Å². The van der Waals surface area contributed by atoms with E-state index < -0.39 is 5.72 Å². The maximum atomic E-state index is 9.84. The van der Waals surface area contributed by atoms with Gasteiger partial charge in [0, 0.05) is 17.5 Å². The molecule has 3 heteroatoms. The first-order valence-electron chi connectivity index (χ1n) is 5.60. The van der Waals surface area contributed by atoms with Gasteiger partial charge >= 0.3 is 0 Å². The Labute approximate surface area is 96.4 Å². The molecule has 0 saturated carbocycles. The second-order valence-electron chi connectivity index (χ2n) is 5.36. The molecule has 2 N–H and O–H groups in total. The lowest BCUT2D eigenvalue weighted by molar-refractivity contribution is -0.132. The van der Waals surface area contributed by atoms with Gasteiger partial charge in [-0.2, -0.15) is 0 Å². The Kier molecular flexibility index (Phi) is 2.68. The molecule has 16 heavy (non-hydrogen) atoms. The van der Waals surface area contributed by atoms with Crippen molar-refractivity contribution in [2.45, 2.75) is 26.5 Å². The maximum Gasteiger partial charge on any atom is 0.146 e. The first-order valence-corrected chi connectivity index (χ1v) is 5.60. The number of benzene rings is 1. The van der Waals surface area contributed by atoms with Gasteiger partial charge in [0.05, 0.1) is 6.61 Å². The Hall–Kier alpha value is -1.06. The lowest BCUT2D eigenvalue weighted by Gasteiger charge is -2.42. The zero-order chi connectivity index (χ0) is 11.8. The largest absolute Gasteiger partial charge is 0.508 e. The number of rotatable bonds is 1. The van der Waals surface area contributed by atoms with Crippen molar-refractivity contribution in [3.05, 3.63) is 29.8 Å². The molecule has 1 atom stereocenters. The van der Waals surface area contributed by atoms with Crippen molar-refractivity contribution in [1.82, 2.24) is 5.32 Å². The van der Waals surface area contributed by atoms with Crippen LogP contribution in [0.5, 0.6) is 5.75 Å². The molecule has 1 saturated heterocycles. The molecule has 1 aliphatic rings. The van der Waals surface area contributed by atoms with Crippen molar-refractivity contribution in [2.24, 2.45) is 5.41 Å². The molecule has 1 aliphatic heterocycles. The molecule has 1 heterocycles. The van der Waals surface area contributed by atoms with E-state index in [1.54, 1.807) is 6.07 Å². The molecule has 0 bridgehead atoms. The number of phenols is 1. The fourth-order valence-corrected chi connectivity index (χ4v) is 1.90. The molecule has 1 fully saturated rings. The van der Waals surface area contributed by atoms with Gasteiger partial charge in [0.15, 0.2) is 0 Å². The first-order chi connectivity index (χ1) is 7.43. The monoisotopic (exact) mass is 221 g/mol. The van der Waals surface area contributed by atoms with Crippen LogP contribution >= 0.6 is 0 Å². The highest BCUT2D eigenvalue weighted by Gasteiger charge is 2.37. The van der Waals surface area contributed by atoms with Crippen LogP contribution in [0.3, 0.4) is 0 Å². The third-order valence-corrected chi connectivity index (χ3v) is 3.07. The van der Waals surface area contributed by atoms with Gasteiger partial charge in [-0.25, -0.2) is 0 Å². The van der Waals surface area contributed by atoms with Crippen LogP contribution in [0, 0.1) is 5.41 Å². The summed E-state index contributed by atoms with van der Waals surface area (Å²) >= 11 is 0. The Morgan fingerprint density at radius 3 is 2.50 bits per heavy atom. The van der Waals surface area contributed by atoms with Crippen LogP contribution in [0.1, 0.15) is 26.3 Å². The van der Waals surface area contributed by atoms with Gasteiger partial charge in [-0.15, -0.1) is 0 Å². The lowest BCUT2D eigenvalue weighted by Crippen LogP contribution is -2.53. The van der Waals surface area contributed by atoms with Crippen LogP contribution in [0.2, 0.25) is 0 Å². The normalized spacial score (nSPS) is 28.9. The van der Waals surface area contributed by atoms with Gasteiger partial charge in [-0.3, -0.25) is 5.32 Å². The quantitative estimate of drug-likeness (QED) is 0.764. The van der Waals surface area contributed by atoms with Crippen LogP contribution < -0.4 is 5.32 Å². The van der Waals surface area contributed by atoms with E-state index in [9.17, 15) is 5.11 Å². The summed E-state index contributed by atoms with van der Waals surface area (Å²) in [5.41, 5.74) is 0.357. The van der Waals surface area contributed by atoms with Gasteiger partial charge in [0.2, 0.25) is 0 Å². The van der Waals surface area contributed by atoms with E-state index in [4.69, 9.17) is 4.74 Å². The van der Waals surface area contributed by atoms with Gasteiger partial charge in [-0.05, 0) is 13.0 Å². The number of ether oxygens (including phenoxy) is 1. The molecule has 0 spiro atoms. The van der Waals surface area contributed by atoms with Gasteiger partial charge < -0.3 is 9.84 Å². The topological polar surface area (TPSA) is 41.5 Å². The highest BCUT2D eigenvalue weighted by Crippen LogP contribution is 2.35. The van der Waals surface area contributed by atoms with Crippen LogP contribution in [0.25, 0.3) is 0 Å². The average molecular weight is 221 g/mol. The first kappa shape index (κ1) is 11.4. The Bertz CT molecular complexity index is 377. The second-order valence-corrected chi connectivity index (χ2v) is 5.36. The van der Waals surface area contributed by atoms with E-state index in [-0.39, 0.29) is 11.2 Å². The summed E-state index contributed by atoms with van der Waals surface area (Å²) in [5.74, 6) is 0.275. The Morgan fingerprint density at radius 1 is 1.25 bits per heavy atom. The van der Waals surface area contributed by atoms with E-state index in [2.05, 4.69) is 19.2 Å². The highest BCUT2D eigenvalue weighted by atomic mass is 16.5. The third-order valence-electron chi connectivity index (χ3n) is 3.07. The summed E-state index contributed by atoms with van der Waals surface area (Å²) in [5, 5.41) is 13.2. The molecular formula is C13H19NO2. The summed E-state index contributed by atoms with van der Waals surface area (Å²) in [6.07, 6.45) is 0. The number of phenolic OH excluding ortho intramolecular Hbond substituents is 1. The molecule has 3 nitrogen and oxygen atoms in total. The van der Waals surface area contributed by atoms with E-state index in [1.165, 1.54) is 0 Å². The van der Waals surface area contributed by atoms with Crippen molar-refractivity contribution in [2.75, 3.05) is 13.2 Å². The van der Waals surface area contributed by atoms with Crippen LogP contribution in [0.15, 0.2) is 24.3 Å². The van der Waals surface area contributed by atoms with Gasteiger partial charge in [0.25, 0.3) is 0 Å². The smallest absolute Gasteiger partial charge is 0.146 e. The Morgan fingerprint density at radius 2 is 1.94 bits per heavy atom. The number of aromatic hydroxyl groups is 1. The van der Waals surface area contributed by atoms with Crippen molar-refractivity contribution in [1.29, 1.82) is 0 Å². The van der Waals surface area contributed by atoms with Crippen LogP contribution in [-0.4, -0.2) is 18.3 Å². The Balaban J connectivity index is 2.25. The van der Waals surface area contributed by atoms with Crippen molar-refractivity contribution in [3.63, 3.8) is 0 Å². The summed E-state index contributed by atoms with van der Waals surface area (Å²) in [6, 6.07) is 7.30. The van der Waals surface area contributed by atoms with Crippen molar-refractivity contribution < 1.29 is 9.84 Å². The molecular weight excluding hydrogens is 202 g/mol. The summed E-state index contributed by atoms with van der Waals surface area (Å²) in [7, 11) is 0. The minimum absolute atomic E-state index is 0.143. The minimum atomic E-state index is -0.582. The van der Waals surface area contributed by atoms with E-state index in [0.29, 0.717) is 6.61 Å². The van der Waals surface area contributed by atoms with Crippen molar-refractivity contribution in [3.8, 4) is 5.75 Å². The standard InChI is InChI=1S/C13H19NO2/c1-12(2)8-14-13(3,16-9-12)10-6-4-5-7-11(10)15/h4-7,14-15H,8-9H2,1-3H3. The molecule has 1 unspecified atom stereocenters. The lowest BCUT2D eigenvalue weighted by atomic mass is 9.90. The molecule has 0 aliphatic carbocycles. The zero-order valence-electron chi connectivity index (χ0n) is 10.1. The summed E-state index contributed by atoms with van der Waals surface area (Å²) < 4.78 is 5.88. The van der Waals surface area contributed by atoms with E-state index in [0.717, 1.165) is 12.1 Å². The molecule has 2 rings (SSSR count). The number of hydrogen-bond acceptors (Lipinski definition) is 3. The number of hydrogen-bond donors (Lipinski definition) is 2. The molecule has 0 amide bonds. The summed E-state index contributed by atoms with van der Waals surface area (Å²) in [6.45, 7) is 7.83. The molecule has 1 aromatic carbocycles. The molecule has 1 aromatic rings. The summed E-state index contributed by atoms with van der Waals surface area (Å²) in [4.78, 5) is 0. The minimum Gasteiger partial charge on any atom is -0.508 e. The fraction of sp³-hybridized carbons (Fsp3) is 0.538. The van der Waals surface area contributed by atoms with Crippen LogP contribution in [-0.2, 0) is 10.5 Å². The SMILES string of the molecule is CC1(C)CNC(C)(c2ccccc2O)OC1. The van der Waals surface area contributed by atoms with Crippen molar-refractivity contribution >= 4 is 0 Å². The van der Waals surface area contributed by atoms with Gasteiger partial charge in [-0.1, -0.05) is 32.0 Å². The maximum absolute atomic E-state index is 9.84. The predicted octanol–water partition coefficient (Wildman–Crippen LogP) is 2.21. The van der Waals surface area contributed by atoms with Crippen LogP contribution in [0.4, 0.5) is 0 Å². The highest BCUT2D eigenvalue weighted by molar-refractivity contribution is 5.36. The fourth-order valence-electron chi connectivity index (χ4n) is 1.90. The second kappa shape index (κ2) is 3.75. The van der Waals surface area contributed by atoms with E-state index in [1.807, 2.05) is 25.1 Å². The number of nitrogens with one attached hydrogen (secondary N) is 1. The molecule has 0 aromatic heterocycles. The average Bonchev–Trinajstić information content (AvgIpc) is 2.24. The third kappa shape index (κ3) is 2.06. The molecule has 0 radical (unpaired) electrons. The zero-order valence-corrected chi connectivity index (χ0v) is 10.1. The number of para-hydroxylation sites is 1. The predicted molar refractivity (Wildman–Crippen MR) is 63.2 cm³/mol. The van der Waals surface area contributed by atoms with Gasteiger partial charge in [0.1, 0.15) is 11.5 Å².